The van der Waals surface area contributed by atoms with Gasteiger partial charge in [0.15, 0.2) is 28.2 Å². The number of rotatable bonds is 2. The zero-order valence-electron chi connectivity index (χ0n) is 18.3. The molecule has 1 aliphatic heterocycles. The SMILES string of the molecule is CC(C)n1[nH]cc2c(-c3cc4cc5c(cc4[nH]c3=O)OCO5)c3oc4cc(=O)ccc4c3nc21. The summed E-state index contributed by atoms with van der Waals surface area (Å²) in [7, 11) is 0. The van der Waals surface area contributed by atoms with E-state index in [-0.39, 0.29) is 23.8 Å². The van der Waals surface area contributed by atoms with Crippen molar-refractivity contribution >= 4 is 44.0 Å². The molecule has 6 aromatic rings. The number of nitrogens with one attached hydrogen (secondary N) is 2. The minimum absolute atomic E-state index is 0.108. The Morgan fingerprint density at radius 1 is 1.03 bits per heavy atom. The van der Waals surface area contributed by atoms with Crippen molar-refractivity contribution < 1.29 is 13.9 Å². The molecule has 9 nitrogen and oxygen atoms in total. The molecule has 2 aromatic carbocycles. The molecule has 34 heavy (non-hydrogen) atoms. The number of fused-ring (bicyclic) bond motifs is 6. The summed E-state index contributed by atoms with van der Waals surface area (Å²) in [6.45, 7) is 4.24. The fourth-order valence-corrected chi connectivity index (χ4v) is 4.70. The van der Waals surface area contributed by atoms with Gasteiger partial charge in [0.2, 0.25) is 6.79 Å². The lowest BCUT2D eigenvalue weighted by atomic mass is 10.0. The van der Waals surface area contributed by atoms with Crippen LogP contribution in [0.15, 0.2) is 56.6 Å². The first-order valence-corrected chi connectivity index (χ1v) is 10.9. The molecular weight excluding hydrogens is 436 g/mol. The molecule has 7 rings (SSSR count). The maximum absolute atomic E-state index is 13.4. The molecule has 168 valence electrons. The van der Waals surface area contributed by atoms with E-state index in [1.165, 1.54) is 12.1 Å². The Hall–Kier alpha value is -4.53. The van der Waals surface area contributed by atoms with Gasteiger partial charge in [0, 0.05) is 46.1 Å². The molecule has 0 atom stereocenters. The van der Waals surface area contributed by atoms with E-state index >= 15 is 0 Å². The van der Waals surface area contributed by atoms with E-state index in [4.69, 9.17) is 18.9 Å². The average Bonchev–Trinajstić information content (AvgIpc) is 3.51. The highest BCUT2D eigenvalue weighted by molar-refractivity contribution is 6.14. The number of hydrogen-bond acceptors (Lipinski definition) is 6. The number of furan rings is 1. The molecule has 0 bridgehead atoms. The summed E-state index contributed by atoms with van der Waals surface area (Å²) in [5.74, 6) is 1.22. The van der Waals surface area contributed by atoms with Gasteiger partial charge in [-0.1, -0.05) is 0 Å². The van der Waals surface area contributed by atoms with Gasteiger partial charge in [0.05, 0.1) is 11.1 Å². The van der Waals surface area contributed by atoms with Crippen LogP contribution in [0.1, 0.15) is 19.9 Å². The quantitative estimate of drug-likeness (QED) is 0.400. The summed E-state index contributed by atoms with van der Waals surface area (Å²) in [6, 6.07) is 10.2. The highest BCUT2D eigenvalue weighted by Gasteiger charge is 2.23. The molecule has 0 unspecified atom stereocenters. The number of ether oxygens (including phenoxy) is 2. The van der Waals surface area contributed by atoms with E-state index in [1.807, 2.05) is 36.9 Å². The van der Waals surface area contributed by atoms with Gasteiger partial charge in [-0.2, -0.15) is 0 Å². The largest absolute Gasteiger partial charge is 0.454 e. The van der Waals surface area contributed by atoms with Crippen LogP contribution in [0.2, 0.25) is 0 Å². The molecule has 0 fully saturated rings. The van der Waals surface area contributed by atoms with Gasteiger partial charge >= 0.3 is 0 Å². The highest BCUT2D eigenvalue weighted by atomic mass is 16.7. The van der Waals surface area contributed by atoms with Gasteiger partial charge in [-0.05, 0) is 38.1 Å². The smallest absolute Gasteiger partial charge is 0.256 e. The first-order valence-electron chi connectivity index (χ1n) is 10.9. The van der Waals surface area contributed by atoms with Gasteiger partial charge < -0.3 is 24.0 Å². The number of aromatic amines is 2. The number of hydrogen-bond donors (Lipinski definition) is 2. The number of aromatic nitrogens is 4. The lowest BCUT2D eigenvalue weighted by Gasteiger charge is -2.10. The summed E-state index contributed by atoms with van der Waals surface area (Å²) in [5.41, 5.74) is 3.43. The number of pyridine rings is 2. The standard InChI is InChI=1S/C25H18N4O5/c1-11(2)29-24-16(9-26-29)21(23-22(28-24)14-4-3-13(30)7-18(14)34-23)15-5-12-6-19-20(33-10-32-19)8-17(12)27-25(15)31/h3-9,11,26H,10H2,1-2H3,(H,27,31). The van der Waals surface area contributed by atoms with Crippen LogP contribution in [0.5, 0.6) is 11.5 Å². The van der Waals surface area contributed by atoms with Gasteiger partial charge in [-0.25, -0.2) is 4.98 Å². The molecule has 2 N–H and O–H groups in total. The van der Waals surface area contributed by atoms with Crippen molar-refractivity contribution in [3.05, 3.63) is 63.2 Å². The minimum Gasteiger partial charge on any atom is -0.454 e. The van der Waals surface area contributed by atoms with Crippen LogP contribution in [-0.4, -0.2) is 26.5 Å². The van der Waals surface area contributed by atoms with Crippen LogP contribution in [0.4, 0.5) is 0 Å². The van der Waals surface area contributed by atoms with E-state index in [1.54, 1.807) is 12.1 Å². The second kappa shape index (κ2) is 6.50. The molecule has 4 aromatic heterocycles. The fourth-order valence-electron chi connectivity index (χ4n) is 4.70. The van der Waals surface area contributed by atoms with Crippen LogP contribution in [0.25, 0.3) is 55.1 Å². The Morgan fingerprint density at radius 3 is 2.68 bits per heavy atom. The molecule has 0 radical (unpaired) electrons. The fraction of sp³-hybridized carbons (Fsp3) is 0.160. The van der Waals surface area contributed by atoms with Crippen molar-refractivity contribution in [1.29, 1.82) is 0 Å². The van der Waals surface area contributed by atoms with Crippen LogP contribution in [0.3, 0.4) is 0 Å². The van der Waals surface area contributed by atoms with E-state index in [0.29, 0.717) is 50.5 Å². The van der Waals surface area contributed by atoms with Crippen LogP contribution in [-0.2, 0) is 0 Å². The maximum Gasteiger partial charge on any atom is 0.256 e. The molecule has 0 saturated carbocycles. The molecule has 1 aliphatic rings. The third kappa shape index (κ3) is 2.52. The summed E-state index contributed by atoms with van der Waals surface area (Å²) in [5, 5.41) is 5.50. The Kier molecular flexibility index (Phi) is 3.63. The zero-order valence-corrected chi connectivity index (χ0v) is 18.3. The number of nitrogens with zero attached hydrogens (tertiary/aromatic N) is 2. The van der Waals surface area contributed by atoms with Crippen molar-refractivity contribution in [3.63, 3.8) is 0 Å². The number of benzene rings is 2. The first kappa shape index (κ1) is 19.0. The monoisotopic (exact) mass is 454 g/mol. The molecule has 0 spiro atoms. The normalized spacial score (nSPS) is 13.3. The number of H-pyrrole nitrogens is 2. The Bertz CT molecular complexity index is 1920. The second-order valence-corrected chi connectivity index (χ2v) is 8.70. The molecule has 5 heterocycles. The van der Waals surface area contributed by atoms with Crippen LogP contribution >= 0.6 is 0 Å². The Balaban J connectivity index is 1.64. The van der Waals surface area contributed by atoms with Gasteiger partial charge in [0.25, 0.3) is 5.56 Å². The predicted molar refractivity (Wildman–Crippen MR) is 128 cm³/mol. The summed E-state index contributed by atoms with van der Waals surface area (Å²) in [6.07, 6.45) is 1.83. The van der Waals surface area contributed by atoms with E-state index < -0.39 is 0 Å². The summed E-state index contributed by atoms with van der Waals surface area (Å²) < 4.78 is 19.1. The van der Waals surface area contributed by atoms with Crippen molar-refractivity contribution in [2.75, 3.05) is 6.79 Å². The zero-order chi connectivity index (χ0) is 23.1. The second-order valence-electron chi connectivity index (χ2n) is 8.70. The van der Waals surface area contributed by atoms with E-state index in [9.17, 15) is 9.59 Å². The van der Waals surface area contributed by atoms with Crippen molar-refractivity contribution in [3.8, 4) is 22.6 Å². The first-order chi connectivity index (χ1) is 16.5. The lowest BCUT2D eigenvalue weighted by Crippen LogP contribution is -2.09. The Morgan fingerprint density at radius 2 is 1.85 bits per heavy atom. The average molecular weight is 454 g/mol. The summed E-state index contributed by atoms with van der Waals surface area (Å²) >= 11 is 0. The minimum atomic E-state index is -0.276. The van der Waals surface area contributed by atoms with Crippen LogP contribution < -0.4 is 20.5 Å². The van der Waals surface area contributed by atoms with E-state index in [2.05, 4.69) is 10.1 Å². The van der Waals surface area contributed by atoms with Crippen LogP contribution in [0, 0.1) is 0 Å². The van der Waals surface area contributed by atoms with E-state index in [0.717, 1.165) is 16.2 Å². The molecule has 0 amide bonds. The van der Waals surface area contributed by atoms with Gasteiger partial charge in [-0.3, -0.25) is 14.3 Å². The highest BCUT2D eigenvalue weighted by Crippen LogP contribution is 2.40. The maximum atomic E-state index is 13.4. The molecule has 0 saturated heterocycles. The molecule has 9 heteroatoms. The van der Waals surface area contributed by atoms with Crippen molar-refractivity contribution in [2.45, 2.75) is 19.9 Å². The third-order valence-corrected chi connectivity index (χ3v) is 6.29. The summed E-state index contributed by atoms with van der Waals surface area (Å²) in [4.78, 5) is 33.2. The molecular formula is C25H18N4O5. The Labute approximate surface area is 190 Å². The molecule has 0 aliphatic carbocycles. The predicted octanol–water partition coefficient (Wildman–Crippen LogP) is 4.44. The van der Waals surface area contributed by atoms with Gasteiger partial charge in [0.1, 0.15) is 11.1 Å². The van der Waals surface area contributed by atoms with Gasteiger partial charge in [-0.15, -0.1) is 0 Å². The lowest BCUT2D eigenvalue weighted by molar-refractivity contribution is 0.174. The third-order valence-electron chi connectivity index (χ3n) is 6.29. The van der Waals surface area contributed by atoms with Crippen molar-refractivity contribution in [2.24, 2.45) is 0 Å². The van der Waals surface area contributed by atoms with Crippen molar-refractivity contribution in [1.82, 2.24) is 19.7 Å². The topological polar surface area (TPSA) is 115 Å².